The molecule has 3 heteroatoms. The zero-order chi connectivity index (χ0) is 12.7. The molecule has 0 heterocycles. The van der Waals surface area contributed by atoms with E-state index in [2.05, 4.69) is 26.1 Å². The molecule has 96 valence electrons. The molecule has 0 saturated carbocycles. The minimum absolute atomic E-state index is 0.0796. The van der Waals surface area contributed by atoms with Crippen LogP contribution in [0.5, 0.6) is 0 Å². The highest BCUT2D eigenvalue weighted by Crippen LogP contribution is 2.12. The minimum atomic E-state index is -0.0796. The molecule has 0 rings (SSSR count). The summed E-state index contributed by atoms with van der Waals surface area (Å²) in [5, 5.41) is 3.42. The van der Waals surface area contributed by atoms with Crippen molar-refractivity contribution in [1.82, 2.24) is 10.2 Å². The molecule has 0 spiro atoms. The van der Waals surface area contributed by atoms with Crippen LogP contribution in [0.1, 0.15) is 47.0 Å². The molecule has 0 aliphatic carbocycles. The molecule has 0 aliphatic heterocycles. The average Bonchev–Trinajstić information content (AvgIpc) is 2.26. The maximum Gasteiger partial charge on any atom is 0.238 e. The van der Waals surface area contributed by atoms with E-state index in [1.165, 1.54) is 6.42 Å². The van der Waals surface area contributed by atoms with Crippen LogP contribution in [0.25, 0.3) is 0 Å². The highest BCUT2D eigenvalue weighted by atomic mass is 16.2. The van der Waals surface area contributed by atoms with Crippen molar-refractivity contribution in [3.8, 4) is 0 Å². The molecule has 1 amide bonds. The average molecular weight is 228 g/mol. The van der Waals surface area contributed by atoms with E-state index in [9.17, 15) is 4.79 Å². The van der Waals surface area contributed by atoms with E-state index in [0.717, 1.165) is 18.8 Å². The van der Waals surface area contributed by atoms with Gasteiger partial charge in [0.15, 0.2) is 0 Å². The van der Waals surface area contributed by atoms with Crippen molar-refractivity contribution in [2.24, 2.45) is 5.92 Å². The van der Waals surface area contributed by atoms with Crippen molar-refractivity contribution in [2.45, 2.75) is 59.0 Å². The molecule has 0 aromatic heterocycles. The summed E-state index contributed by atoms with van der Waals surface area (Å²) in [7, 11) is 3.60. The van der Waals surface area contributed by atoms with Gasteiger partial charge in [-0.1, -0.05) is 27.2 Å². The number of nitrogens with one attached hydrogen (secondary N) is 1. The Balaban J connectivity index is 4.16. The van der Waals surface area contributed by atoms with E-state index in [1.54, 1.807) is 19.0 Å². The van der Waals surface area contributed by atoms with E-state index in [4.69, 9.17) is 0 Å². The third kappa shape index (κ3) is 5.50. The fraction of sp³-hybridized carbons (Fsp3) is 0.923. The van der Waals surface area contributed by atoms with Crippen LogP contribution in [0, 0.1) is 5.92 Å². The van der Waals surface area contributed by atoms with E-state index >= 15 is 0 Å². The Morgan fingerprint density at radius 2 is 1.75 bits per heavy atom. The van der Waals surface area contributed by atoms with Gasteiger partial charge in [-0.05, 0) is 25.7 Å². The molecular formula is C13H28N2O. The van der Waals surface area contributed by atoms with Gasteiger partial charge in [-0.2, -0.15) is 0 Å². The first kappa shape index (κ1) is 15.4. The fourth-order valence-corrected chi connectivity index (χ4v) is 1.82. The number of carbonyl (C=O) groups excluding carboxylic acids is 1. The van der Waals surface area contributed by atoms with E-state index in [-0.39, 0.29) is 11.9 Å². The van der Waals surface area contributed by atoms with E-state index in [0.29, 0.717) is 6.04 Å². The maximum atomic E-state index is 11.7. The Morgan fingerprint density at radius 3 is 2.12 bits per heavy atom. The maximum absolute atomic E-state index is 11.7. The standard InChI is InChI=1S/C13H28N2O/c1-7-10(3)9-12(8-2)14-11(4)13(16)15(5)6/h10-12,14H,7-9H2,1-6H3/t10?,11-,12?/m1/s1. The van der Waals surface area contributed by atoms with Gasteiger partial charge < -0.3 is 10.2 Å². The second-order valence-corrected chi connectivity index (χ2v) is 4.98. The molecule has 0 aromatic rings. The van der Waals surface area contributed by atoms with Crippen LogP contribution in [-0.2, 0) is 4.79 Å². The van der Waals surface area contributed by atoms with Gasteiger partial charge in [0.05, 0.1) is 6.04 Å². The predicted octanol–water partition coefficient (Wildman–Crippen LogP) is 2.27. The van der Waals surface area contributed by atoms with Crippen molar-refractivity contribution in [1.29, 1.82) is 0 Å². The summed E-state index contributed by atoms with van der Waals surface area (Å²) in [6, 6.07) is 0.373. The van der Waals surface area contributed by atoms with Crippen molar-refractivity contribution < 1.29 is 4.79 Å². The number of likely N-dealkylation sites (N-methyl/N-ethyl adjacent to an activating group) is 1. The molecule has 3 nitrogen and oxygen atoms in total. The van der Waals surface area contributed by atoms with Crippen LogP contribution in [0.15, 0.2) is 0 Å². The monoisotopic (exact) mass is 228 g/mol. The number of carbonyl (C=O) groups is 1. The zero-order valence-corrected chi connectivity index (χ0v) is 11.7. The number of hydrogen-bond donors (Lipinski definition) is 1. The van der Waals surface area contributed by atoms with Gasteiger partial charge in [-0.15, -0.1) is 0 Å². The molecule has 16 heavy (non-hydrogen) atoms. The van der Waals surface area contributed by atoms with Gasteiger partial charge in [-0.3, -0.25) is 4.79 Å². The molecular weight excluding hydrogens is 200 g/mol. The van der Waals surface area contributed by atoms with Gasteiger partial charge in [-0.25, -0.2) is 0 Å². The molecule has 0 aromatic carbocycles. The normalized spacial score (nSPS) is 16.6. The van der Waals surface area contributed by atoms with E-state index in [1.807, 2.05) is 6.92 Å². The lowest BCUT2D eigenvalue weighted by Crippen LogP contribution is -2.46. The number of nitrogens with zero attached hydrogens (tertiary/aromatic N) is 1. The van der Waals surface area contributed by atoms with Crippen LogP contribution >= 0.6 is 0 Å². The highest BCUT2D eigenvalue weighted by Gasteiger charge is 2.19. The summed E-state index contributed by atoms with van der Waals surface area (Å²) in [6.07, 6.45) is 3.43. The van der Waals surface area contributed by atoms with Crippen LogP contribution in [0.2, 0.25) is 0 Å². The smallest absolute Gasteiger partial charge is 0.238 e. The van der Waals surface area contributed by atoms with Crippen molar-refractivity contribution in [3.63, 3.8) is 0 Å². The second kappa shape index (κ2) is 7.66. The molecule has 2 unspecified atom stereocenters. The fourth-order valence-electron chi connectivity index (χ4n) is 1.82. The first-order valence-corrected chi connectivity index (χ1v) is 6.39. The summed E-state index contributed by atoms with van der Waals surface area (Å²) < 4.78 is 0. The Hall–Kier alpha value is -0.570. The molecule has 0 saturated heterocycles. The summed E-state index contributed by atoms with van der Waals surface area (Å²) >= 11 is 0. The first-order valence-electron chi connectivity index (χ1n) is 6.39. The van der Waals surface area contributed by atoms with E-state index < -0.39 is 0 Å². The summed E-state index contributed by atoms with van der Waals surface area (Å²) in [5.41, 5.74) is 0. The lowest BCUT2D eigenvalue weighted by Gasteiger charge is -2.25. The van der Waals surface area contributed by atoms with Gasteiger partial charge in [0.25, 0.3) is 0 Å². The Bertz CT molecular complexity index is 204. The van der Waals surface area contributed by atoms with Gasteiger partial charge in [0, 0.05) is 20.1 Å². The lowest BCUT2D eigenvalue weighted by atomic mass is 9.97. The first-order chi connectivity index (χ1) is 7.42. The number of hydrogen-bond acceptors (Lipinski definition) is 2. The summed E-state index contributed by atoms with van der Waals surface area (Å²) in [6.45, 7) is 8.60. The van der Waals surface area contributed by atoms with Crippen molar-refractivity contribution in [3.05, 3.63) is 0 Å². The molecule has 0 bridgehead atoms. The summed E-state index contributed by atoms with van der Waals surface area (Å²) in [5.74, 6) is 0.877. The quantitative estimate of drug-likeness (QED) is 0.725. The Labute approximate surface area is 101 Å². The predicted molar refractivity (Wildman–Crippen MR) is 69.4 cm³/mol. The minimum Gasteiger partial charge on any atom is -0.347 e. The molecule has 3 atom stereocenters. The summed E-state index contributed by atoms with van der Waals surface area (Å²) in [4.78, 5) is 13.4. The molecule has 0 aliphatic rings. The van der Waals surface area contributed by atoms with Crippen LogP contribution in [-0.4, -0.2) is 37.0 Å². The largest absolute Gasteiger partial charge is 0.347 e. The van der Waals surface area contributed by atoms with Gasteiger partial charge in [0.1, 0.15) is 0 Å². The van der Waals surface area contributed by atoms with Crippen LogP contribution < -0.4 is 5.32 Å². The van der Waals surface area contributed by atoms with Gasteiger partial charge >= 0.3 is 0 Å². The third-order valence-corrected chi connectivity index (χ3v) is 3.17. The molecule has 1 N–H and O–H groups in total. The van der Waals surface area contributed by atoms with Gasteiger partial charge in [0.2, 0.25) is 5.91 Å². The van der Waals surface area contributed by atoms with Crippen LogP contribution in [0.4, 0.5) is 0 Å². The zero-order valence-electron chi connectivity index (χ0n) is 11.7. The lowest BCUT2D eigenvalue weighted by molar-refractivity contribution is -0.130. The molecule has 0 radical (unpaired) electrons. The number of rotatable bonds is 7. The topological polar surface area (TPSA) is 32.3 Å². The molecule has 0 fully saturated rings. The highest BCUT2D eigenvalue weighted by molar-refractivity contribution is 5.80. The van der Waals surface area contributed by atoms with Crippen molar-refractivity contribution in [2.75, 3.05) is 14.1 Å². The second-order valence-electron chi connectivity index (χ2n) is 4.98. The SMILES string of the molecule is CCC(C)CC(CC)N[C@H](C)C(=O)N(C)C. The number of amides is 1. The Kier molecular flexibility index (Phi) is 7.39. The third-order valence-electron chi connectivity index (χ3n) is 3.17. The van der Waals surface area contributed by atoms with Crippen LogP contribution in [0.3, 0.4) is 0 Å². The Morgan fingerprint density at radius 1 is 1.19 bits per heavy atom. The van der Waals surface area contributed by atoms with Crippen molar-refractivity contribution >= 4 is 5.91 Å².